The second-order valence-corrected chi connectivity index (χ2v) is 8.64. The number of benzene rings is 2. The number of rotatable bonds is 9. The van der Waals surface area contributed by atoms with Gasteiger partial charge in [0.25, 0.3) is 0 Å². The minimum Gasteiger partial charge on any atom is -0.493 e. The molecular weight excluding hydrogens is 470 g/mol. The maximum atomic E-state index is 13.9. The summed E-state index contributed by atoms with van der Waals surface area (Å²) in [6, 6.07) is 5.82. The van der Waals surface area contributed by atoms with Gasteiger partial charge in [0.2, 0.25) is 0 Å². The zero-order chi connectivity index (χ0) is 25.5. The summed E-state index contributed by atoms with van der Waals surface area (Å²) in [4.78, 5) is 23.2. The molecule has 1 saturated heterocycles. The molecule has 0 aliphatic carbocycles. The van der Waals surface area contributed by atoms with Crippen molar-refractivity contribution in [3.8, 4) is 11.5 Å². The zero-order valence-electron chi connectivity index (χ0n) is 20.1. The van der Waals surface area contributed by atoms with Gasteiger partial charge in [-0.2, -0.15) is 0 Å². The number of likely N-dealkylation sites (tertiary alicyclic amines) is 1. The van der Waals surface area contributed by atoms with Gasteiger partial charge in [-0.05, 0) is 63.0 Å². The quantitative estimate of drug-likeness (QED) is 0.381. The van der Waals surface area contributed by atoms with E-state index in [0.29, 0.717) is 34.9 Å². The minimum atomic E-state index is -0.888. The summed E-state index contributed by atoms with van der Waals surface area (Å²) in [5, 5.41) is 5.16. The van der Waals surface area contributed by atoms with Gasteiger partial charge < -0.3 is 25.4 Å². The van der Waals surface area contributed by atoms with Gasteiger partial charge >= 0.3 is 6.03 Å². The summed E-state index contributed by atoms with van der Waals surface area (Å²) >= 11 is 0. The Morgan fingerprint density at radius 3 is 2.58 bits per heavy atom. The molecule has 1 aliphatic heterocycles. The number of carbonyl (C=O) groups is 1. The average Bonchev–Trinajstić information content (AvgIpc) is 2.89. The Labute approximate surface area is 208 Å². The number of piperidine rings is 1. The van der Waals surface area contributed by atoms with Gasteiger partial charge in [0.15, 0.2) is 11.5 Å². The molecule has 2 heterocycles. The van der Waals surface area contributed by atoms with E-state index in [1.54, 1.807) is 12.1 Å². The highest BCUT2D eigenvalue weighted by Crippen LogP contribution is 2.34. The number of amides is 2. The van der Waals surface area contributed by atoms with E-state index in [2.05, 4.69) is 25.5 Å². The lowest BCUT2D eigenvalue weighted by atomic mass is 9.97. The maximum absolute atomic E-state index is 13.9. The van der Waals surface area contributed by atoms with Crippen molar-refractivity contribution in [3.05, 3.63) is 48.3 Å². The van der Waals surface area contributed by atoms with E-state index in [-0.39, 0.29) is 5.82 Å². The molecule has 36 heavy (non-hydrogen) atoms. The number of halogens is 2. The van der Waals surface area contributed by atoms with Gasteiger partial charge in [0.05, 0.1) is 19.2 Å². The Kier molecular flexibility index (Phi) is 8.44. The molecule has 1 aromatic heterocycles. The van der Waals surface area contributed by atoms with Crippen molar-refractivity contribution in [3.63, 3.8) is 0 Å². The highest BCUT2D eigenvalue weighted by molar-refractivity contribution is 6.04. The third-order valence-corrected chi connectivity index (χ3v) is 6.27. The predicted octanol–water partition coefficient (Wildman–Crippen LogP) is 4.00. The number of carbonyl (C=O) groups excluding carboxylic acids is 1. The average molecular weight is 501 g/mol. The van der Waals surface area contributed by atoms with Crippen molar-refractivity contribution in [2.75, 3.05) is 50.5 Å². The van der Waals surface area contributed by atoms with Crippen LogP contribution in [0.25, 0.3) is 10.9 Å². The summed E-state index contributed by atoms with van der Waals surface area (Å²) in [5.74, 6) is -0.0196. The highest BCUT2D eigenvalue weighted by atomic mass is 19.1. The molecule has 0 spiro atoms. The first-order valence-corrected chi connectivity index (χ1v) is 11.9. The van der Waals surface area contributed by atoms with Gasteiger partial charge in [0, 0.05) is 18.0 Å². The van der Waals surface area contributed by atoms with Crippen LogP contribution in [-0.2, 0) is 0 Å². The van der Waals surface area contributed by atoms with E-state index in [9.17, 15) is 13.6 Å². The normalized spacial score (nSPS) is 14.6. The van der Waals surface area contributed by atoms with Crippen LogP contribution in [0.1, 0.15) is 19.3 Å². The van der Waals surface area contributed by atoms with Crippen molar-refractivity contribution < 1.29 is 23.0 Å². The van der Waals surface area contributed by atoms with Crippen LogP contribution < -0.4 is 25.8 Å². The van der Waals surface area contributed by atoms with Crippen molar-refractivity contribution in [1.29, 1.82) is 0 Å². The molecule has 0 saturated carbocycles. The van der Waals surface area contributed by atoms with Gasteiger partial charge in [-0.1, -0.05) is 6.07 Å². The van der Waals surface area contributed by atoms with E-state index in [4.69, 9.17) is 15.2 Å². The molecule has 1 aliphatic rings. The number of hydrogen-bond acceptors (Lipinski definition) is 7. The van der Waals surface area contributed by atoms with Crippen molar-refractivity contribution in [2.24, 2.45) is 11.7 Å². The van der Waals surface area contributed by atoms with E-state index in [1.807, 2.05) is 0 Å². The molecule has 4 rings (SSSR count). The molecule has 1 fully saturated rings. The Balaban J connectivity index is 1.40. The molecule has 0 unspecified atom stereocenters. The third kappa shape index (κ3) is 6.16. The molecule has 2 amide bonds. The zero-order valence-corrected chi connectivity index (χ0v) is 20.1. The van der Waals surface area contributed by atoms with E-state index >= 15 is 0 Å². The van der Waals surface area contributed by atoms with E-state index in [1.165, 1.54) is 19.5 Å². The molecule has 192 valence electrons. The van der Waals surface area contributed by atoms with Crippen LogP contribution >= 0.6 is 0 Å². The SMILES string of the molecule is COc1cc2c(NC(=O)Nc3c(F)cccc3F)ncnc2cc1OCCCN1CCC(CN)CC1. The number of fused-ring (bicyclic) bond motifs is 1. The van der Waals surface area contributed by atoms with E-state index < -0.39 is 23.4 Å². The molecule has 0 atom stereocenters. The lowest BCUT2D eigenvalue weighted by Crippen LogP contribution is -2.37. The molecule has 0 bridgehead atoms. The number of anilines is 2. The molecular formula is C25H30F2N6O3. The summed E-state index contributed by atoms with van der Waals surface area (Å²) in [6.45, 7) is 4.33. The Bertz CT molecular complexity index is 1180. The van der Waals surface area contributed by atoms with Crippen molar-refractivity contribution in [1.82, 2.24) is 14.9 Å². The Morgan fingerprint density at radius 2 is 1.89 bits per heavy atom. The van der Waals surface area contributed by atoms with Gasteiger partial charge in [-0.25, -0.2) is 23.5 Å². The van der Waals surface area contributed by atoms with Crippen LogP contribution in [0.4, 0.5) is 25.1 Å². The fourth-order valence-electron chi connectivity index (χ4n) is 4.22. The molecule has 9 nitrogen and oxygen atoms in total. The number of ether oxygens (including phenoxy) is 2. The smallest absolute Gasteiger partial charge is 0.325 e. The number of nitrogens with two attached hydrogens (primary N) is 1. The largest absolute Gasteiger partial charge is 0.493 e. The third-order valence-electron chi connectivity index (χ3n) is 6.27. The fourth-order valence-corrected chi connectivity index (χ4v) is 4.22. The number of methoxy groups -OCH3 is 1. The van der Waals surface area contributed by atoms with Crippen molar-refractivity contribution in [2.45, 2.75) is 19.3 Å². The maximum Gasteiger partial charge on any atom is 0.325 e. The lowest BCUT2D eigenvalue weighted by molar-refractivity contribution is 0.172. The predicted molar refractivity (Wildman–Crippen MR) is 133 cm³/mol. The first-order chi connectivity index (χ1) is 17.5. The molecule has 0 radical (unpaired) electrons. The summed E-state index contributed by atoms with van der Waals surface area (Å²) in [5.41, 5.74) is 5.73. The summed E-state index contributed by atoms with van der Waals surface area (Å²) in [6.07, 6.45) is 4.42. The molecule has 3 aromatic rings. The number of para-hydroxylation sites is 1. The standard InChI is InChI=1S/C25H30F2N6O3/c1-35-21-12-17-20(13-22(21)36-11-3-8-33-9-6-16(14-28)7-10-33)29-15-30-24(17)32-25(34)31-23-18(26)4-2-5-19(23)27/h2,4-5,12-13,15-16H,3,6-11,14,28H2,1H3,(H2,29,30,31,32,34). The van der Waals surface area contributed by atoms with Crippen LogP contribution in [-0.4, -0.2) is 60.8 Å². The minimum absolute atomic E-state index is 0.153. The number of nitrogens with zero attached hydrogens (tertiary/aromatic N) is 3. The fraction of sp³-hybridized carbons (Fsp3) is 0.400. The number of hydrogen-bond donors (Lipinski definition) is 3. The van der Waals surface area contributed by atoms with E-state index in [0.717, 1.165) is 57.6 Å². The second-order valence-electron chi connectivity index (χ2n) is 8.64. The van der Waals surface area contributed by atoms with Crippen LogP contribution in [0.15, 0.2) is 36.7 Å². The summed E-state index contributed by atoms with van der Waals surface area (Å²) in [7, 11) is 1.51. The monoisotopic (exact) mass is 500 g/mol. The Morgan fingerprint density at radius 1 is 1.14 bits per heavy atom. The van der Waals surface area contributed by atoms with Gasteiger partial charge in [0.1, 0.15) is 29.5 Å². The Hall–Kier alpha value is -3.57. The van der Waals surface area contributed by atoms with Crippen LogP contribution in [0.2, 0.25) is 0 Å². The first kappa shape index (κ1) is 25.5. The molecule has 2 aromatic carbocycles. The number of urea groups is 1. The summed E-state index contributed by atoms with van der Waals surface area (Å²) < 4.78 is 39.2. The van der Waals surface area contributed by atoms with Gasteiger partial charge in [-0.15, -0.1) is 0 Å². The van der Waals surface area contributed by atoms with Crippen LogP contribution in [0, 0.1) is 17.6 Å². The van der Waals surface area contributed by atoms with Gasteiger partial charge in [-0.3, -0.25) is 5.32 Å². The first-order valence-electron chi connectivity index (χ1n) is 11.9. The second kappa shape index (κ2) is 11.9. The molecule has 4 N–H and O–H groups in total. The van der Waals surface area contributed by atoms with Crippen LogP contribution in [0.5, 0.6) is 11.5 Å². The topological polar surface area (TPSA) is 115 Å². The molecule has 11 heteroatoms. The van der Waals surface area contributed by atoms with Crippen LogP contribution in [0.3, 0.4) is 0 Å². The number of nitrogens with one attached hydrogen (secondary N) is 2. The van der Waals surface area contributed by atoms with Crippen molar-refractivity contribution >= 4 is 28.4 Å². The highest BCUT2D eigenvalue weighted by Gasteiger charge is 2.18. The number of aromatic nitrogens is 2. The lowest BCUT2D eigenvalue weighted by Gasteiger charge is -2.31.